The van der Waals surface area contributed by atoms with Gasteiger partial charge in [0, 0.05) is 5.38 Å². The molecule has 0 radical (unpaired) electrons. The Bertz CT molecular complexity index is 368. The number of ether oxygens (including phenoxy) is 1. The monoisotopic (exact) mass is 225 g/mol. The van der Waals surface area contributed by atoms with Gasteiger partial charge in [0.1, 0.15) is 5.41 Å². The van der Waals surface area contributed by atoms with Gasteiger partial charge in [-0.2, -0.15) is 0 Å². The number of aromatic nitrogens is 1. The summed E-state index contributed by atoms with van der Waals surface area (Å²) in [4.78, 5) is 16.3. The second-order valence-corrected chi connectivity index (χ2v) is 4.85. The van der Waals surface area contributed by atoms with E-state index < -0.39 is 5.41 Å². The summed E-state index contributed by atoms with van der Waals surface area (Å²) >= 11 is 1.63. The Balaban J connectivity index is 2.29. The summed E-state index contributed by atoms with van der Waals surface area (Å²) in [6, 6.07) is 0. The van der Waals surface area contributed by atoms with E-state index in [2.05, 4.69) is 11.9 Å². The second-order valence-electron chi connectivity index (χ2n) is 3.91. The van der Waals surface area contributed by atoms with Crippen LogP contribution in [0, 0.1) is 0 Å². The summed E-state index contributed by atoms with van der Waals surface area (Å²) in [7, 11) is 1.45. The summed E-state index contributed by atoms with van der Waals surface area (Å²) in [6.45, 7) is 2.08. The molecule has 15 heavy (non-hydrogen) atoms. The van der Waals surface area contributed by atoms with Gasteiger partial charge >= 0.3 is 5.97 Å². The highest BCUT2D eigenvalue weighted by Gasteiger charge is 2.48. The van der Waals surface area contributed by atoms with Crippen molar-refractivity contribution in [1.82, 2.24) is 4.98 Å². The molecule has 0 aromatic carbocycles. The maximum atomic E-state index is 11.8. The summed E-state index contributed by atoms with van der Waals surface area (Å²) in [6.07, 6.45) is 3.79. The number of hydrogen-bond donors (Lipinski definition) is 0. The highest BCUT2D eigenvalue weighted by atomic mass is 32.1. The fraction of sp³-hybridized carbons (Fsp3) is 0.636. The van der Waals surface area contributed by atoms with Crippen LogP contribution in [0.4, 0.5) is 0 Å². The normalized spacial score (nSPS) is 18.3. The summed E-state index contributed by atoms with van der Waals surface area (Å²) in [5.74, 6) is -0.123. The molecule has 0 atom stereocenters. The van der Waals surface area contributed by atoms with Crippen molar-refractivity contribution in [2.45, 2.75) is 38.0 Å². The number of carbonyl (C=O) groups excluding carboxylic acids is 1. The fourth-order valence-corrected chi connectivity index (χ4v) is 2.83. The second kappa shape index (κ2) is 3.93. The van der Waals surface area contributed by atoms with Gasteiger partial charge in [0.2, 0.25) is 0 Å². The highest BCUT2D eigenvalue weighted by molar-refractivity contribution is 7.09. The maximum absolute atomic E-state index is 11.8. The molecule has 1 heterocycles. The number of hydrogen-bond acceptors (Lipinski definition) is 4. The Hall–Kier alpha value is -0.900. The third-order valence-electron chi connectivity index (χ3n) is 3.13. The Labute approximate surface area is 93.5 Å². The fourth-order valence-electron chi connectivity index (χ4n) is 1.98. The first-order chi connectivity index (χ1) is 7.23. The van der Waals surface area contributed by atoms with E-state index in [1.54, 1.807) is 11.3 Å². The van der Waals surface area contributed by atoms with Crippen molar-refractivity contribution in [3.05, 3.63) is 16.1 Å². The zero-order valence-corrected chi connectivity index (χ0v) is 9.89. The lowest BCUT2D eigenvalue weighted by Crippen LogP contribution is -2.43. The first-order valence-corrected chi connectivity index (χ1v) is 6.14. The average Bonchev–Trinajstić information content (AvgIpc) is 2.64. The molecule has 2 rings (SSSR count). The molecule has 0 N–H and O–H groups in total. The van der Waals surface area contributed by atoms with Crippen LogP contribution < -0.4 is 0 Å². The van der Waals surface area contributed by atoms with Crippen molar-refractivity contribution >= 4 is 17.3 Å². The first-order valence-electron chi connectivity index (χ1n) is 5.26. The Kier molecular flexibility index (Phi) is 2.78. The molecule has 4 heteroatoms. The minimum Gasteiger partial charge on any atom is -0.468 e. The molecule has 0 amide bonds. The van der Waals surface area contributed by atoms with Crippen molar-refractivity contribution in [2.75, 3.05) is 7.11 Å². The third kappa shape index (κ3) is 1.57. The van der Waals surface area contributed by atoms with Gasteiger partial charge in [-0.3, -0.25) is 4.79 Å². The lowest BCUT2D eigenvalue weighted by molar-refractivity contribution is -0.151. The molecule has 1 aromatic heterocycles. The highest BCUT2D eigenvalue weighted by Crippen LogP contribution is 2.44. The van der Waals surface area contributed by atoms with Crippen LogP contribution in [0.1, 0.15) is 36.9 Å². The molecule has 1 aliphatic rings. The van der Waals surface area contributed by atoms with Gasteiger partial charge in [-0.1, -0.05) is 13.3 Å². The zero-order valence-electron chi connectivity index (χ0n) is 9.08. The van der Waals surface area contributed by atoms with Gasteiger partial charge in [-0.15, -0.1) is 11.3 Å². The molecular formula is C11H15NO2S. The summed E-state index contributed by atoms with van der Waals surface area (Å²) in [5.41, 5.74) is 0.501. The molecule has 1 fully saturated rings. The lowest BCUT2D eigenvalue weighted by Gasteiger charge is -2.37. The van der Waals surface area contributed by atoms with Crippen LogP contribution in [0.15, 0.2) is 5.38 Å². The van der Waals surface area contributed by atoms with E-state index in [-0.39, 0.29) is 5.97 Å². The van der Waals surface area contributed by atoms with Gasteiger partial charge in [0.25, 0.3) is 0 Å². The van der Waals surface area contributed by atoms with E-state index in [0.717, 1.165) is 36.4 Å². The van der Waals surface area contributed by atoms with E-state index in [0.29, 0.717) is 0 Å². The predicted octanol–water partition coefficient (Wildman–Crippen LogP) is 2.30. The average molecular weight is 225 g/mol. The molecule has 0 aliphatic heterocycles. The Morgan fingerprint density at radius 1 is 1.67 bits per heavy atom. The molecular weight excluding hydrogens is 210 g/mol. The van der Waals surface area contributed by atoms with Crippen molar-refractivity contribution in [2.24, 2.45) is 0 Å². The minimum atomic E-state index is -0.418. The molecule has 0 unspecified atom stereocenters. The Morgan fingerprint density at radius 2 is 2.40 bits per heavy atom. The predicted molar refractivity (Wildman–Crippen MR) is 59.0 cm³/mol. The number of methoxy groups -OCH3 is 1. The van der Waals surface area contributed by atoms with E-state index in [4.69, 9.17) is 4.74 Å². The van der Waals surface area contributed by atoms with Crippen molar-refractivity contribution in [3.8, 4) is 0 Å². The van der Waals surface area contributed by atoms with E-state index >= 15 is 0 Å². The Morgan fingerprint density at radius 3 is 2.80 bits per heavy atom. The summed E-state index contributed by atoms with van der Waals surface area (Å²) < 4.78 is 4.88. The van der Waals surface area contributed by atoms with Crippen LogP contribution in [-0.4, -0.2) is 18.1 Å². The van der Waals surface area contributed by atoms with Gasteiger partial charge in [-0.05, 0) is 19.3 Å². The van der Waals surface area contributed by atoms with Gasteiger partial charge < -0.3 is 4.74 Å². The number of thiazole rings is 1. The molecule has 3 nitrogen and oxygen atoms in total. The number of nitrogens with zero attached hydrogens (tertiary/aromatic N) is 1. The smallest absolute Gasteiger partial charge is 0.317 e. The molecule has 1 saturated carbocycles. The van der Waals surface area contributed by atoms with Crippen LogP contribution >= 0.6 is 11.3 Å². The standard InChI is InChI=1S/C11H15NO2S/c1-3-9-12-8(7-15-9)11(5-4-6-11)10(13)14-2/h7H,3-6H2,1-2H3. The van der Waals surface area contributed by atoms with Crippen molar-refractivity contribution in [3.63, 3.8) is 0 Å². The molecule has 0 spiro atoms. The zero-order chi connectivity index (χ0) is 10.9. The van der Waals surface area contributed by atoms with Gasteiger partial charge in [0.15, 0.2) is 0 Å². The number of carbonyl (C=O) groups is 1. The maximum Gasteiger partial charge on any atom is 0.317 e. The first kappa shape index (κ1) is 10.6. The van der Waals surface area contributed by atoms with Gasteiger partial charge in [-0.25, -0.2) is 4.98 Å². The molecule has 1 aromatic rings. The quantitative estimate of drug-likeness (QED) is 0.741. The number of esters is 1. The molecule has 1 aliphatic carbocycles. The van der Waals surface area contributed by atoms with E-state index in [1.807, 2.05) is 5.38 Å². The van der Waals surface area contributed by atoms with E-state index in [9.17, 15) is 4.79 Å². The lowest BCUT2D eigenvalue weighted by atomic mass is 9.67. The van der Waals surface area contributed by atoms with Crippen molar-refractivity contribution in [1.29, 1.82) is 0 Å². The van der Waals surface area contributed by atoms with Gasteiger partial charge in [0.05, 0.1) is 17.8 Å². The topological polar surface area (TPSA) is 39.2 Å². The van der Waals surface area contributed by atoms with Crippen LogP contribution in [-0.2, 0) is 21.4 Å². The van der Waals surface area contributed by atoms with Crippen LogP contribution in [0.2, 0.25) is 0 Å². The van der Waals surface area contributed by atoms with E-state index in [1.165, 1.54) is 7.11 Å². The molecule has 0 bridgehead atoms. The van der Waals surface area contributed by atoms with Crippen LogP contribution in [0.3, 0.4) is 0 Å². The SMILES string of the molecule is CCc1nc(C2(C(=O)OC)CCC2)cs1. The molecule has 0 saturated heterocycles. The van der Waals surface area contributed by atoms with Crippen LogP contribution in [0.5, 0.6) is 0 Å². The summed E-state index contributed by atoms with van der Waals surface area (Å²) in [5, 5.41) is 3.11. The van der Waals surface area contributed by atoms with Crippen molar-refractivity contribution < 1.29 is 9.53 Å². The third-order valence-corrected chi connectivity index (χ3v) is 4.12. The number of aryl methyl sites for hydroxylation is 1. The minimum absolute atomic E-state index is 0.123. The molecule has 82 valence electrons. The van der Waals surface area contributed by atoms with Crippen LogP contribution in [0.25, 0.3) is 0 Å². The largest absolute Gasteiger partial charge is 0.468 e. The number of rotatable bonds is 3.